The fourth-order valence-corrected chi connectivity index (χ4v) is 2.44. The Kier molecular flexibility index (Phi) is 16.1. The smallest absolute Gasteiger partial charge is 0.410 e. The van der Waals surface area contributed by atoms with Gasteiger partial charge in [-0.1, -0.05) is 12.1 Å². The predicted octanol–water partition coefficient (Wildman–Crippen LogP) is 2.60. The van der Waals surface area contributed by atoms with Crippen molar-refractivity contribution in [1.29, 1.82) is 0 Å². The van der Waals surface area contributed by atoms with Gasteiger partial charge in [0.1, 0.15) is 18.0 Å². The summed E-state index contributed by atoms with van der Waals surface area (Å²) in [6, 6.07) is 7.36. The first-order chi connectivity index (χ1) is 16.3. The van der Waals surface area contributed by atoms with Gasteiger partial charge in [-0.15, -0.1) is 0 Å². The minimum atomic E-state index is -0.503. The molecule has 0 spiro atoms. The van der Waals surface area contributed by atoms with Crippen molar-refractivity contribution in [3.8, 4) is 5.75 Å². The van der Waals surface area contributed by atoms with Crippen LogP contribution < -0.4 is 10.5 Å². The van der Waals surface area contributed by atoms with Crippen molar-refractivity contribution in [3.05, 3.63) is 24.3 Å². The summed E-state index contributed by atoms with van der Waals surface area (Å²) >= 11 is 0. The average molecular weight is 487 g/mol. The molecule has 0 radical (unpaired) electrons. The molecule has 10 nitrogen and oxygen atoms in total. The molecule has 10 heteroatoms. The molecule has 0 aliphatic heterocycles. The summed E-state index contributed by atoms with van der Waals surface area (Å²) in [5.74, 6) is 0.666. The number of para-hydroxylation sites is 2. The van der Waals surface area contributed by atoms with Crippen LogP contribution in [-0.4, -0.2) is 103 Å². The Balaban J connectivity index is 1.78. The molecule has 196 valence electrons. The van der Waals surface area contributed by atoms with Crippen molar-refractivity contribution in [2.45, 2.75) is 26.4 Å². The molecule has 0 saturated carbocycles. The van der Waals surface area contributed by atoms with Crippen LogP contribution in [0.2, 0.25) is 0 Å². The lowest BCUT2D eigenvalue weighted by Crippen LogP contribution is -2.36. The monoisotopic (exact) mass is 486 g/mol. The Morgan fingerprint density at radius 2 is 1.21 bits per heavy atom. The number of carbonyl (C=O) groups is 1. The van der Waals surface area contributed by atoms with Crippen LogP contribution in [0.1, 0.15) is 20.8 Å². The van der Waals surface area contributed by atoms with Gasteiger partial charge >= 0.3 is 6.09 Å². The second-order valence-corrected chi connectivity index (χ2v) is 8.35. The zero-order valence-electron chi connectivity index (χ0n) is 21.1. The molecule has 34 heavy (non-hydrogen) atoms. The Morgan fingerprint density at radius 1 is 0.765 bits per heavy atom. The van der Waals surface area contributed by atoms with Gasteiger partial charge in [0.05, 0.1) is 71.8 Å². The standard InChI is InChI=1S/C24H42N2O8/c1-24(2,3)34-23(27)26(4)9-10-28-11-12-29-13-14-30-15-16-31-17-18-32-19-20-33-22-8-6-5-7-21(22)25/h5-8H,9-20,25H2,1-4H3. The largest absolute Gasteiger partial charge is 0.489 e. The molecule has 0 unspecified atom stereocenters. The fraction of sp³-hybridized carbons (Fsp3) is 0.708. The number of benzene rings is 1. The number of hydrogen-bond acceptors (Lipinski definition) is 9. The molecule has 0 aromatic heterocycles. The maximum Gasteiger partial charge on any atom is 0.410 e. The van der Waals surface area contributed by atoms with Crippen molar-refractivity contribution in [2.75, 3.05) is 92.0 Å². The van der Waals surface area contributed by atoms with Crippen LogP contribution in [0.15, 0.2) is 24.3 Å². The average Bonchev–Trinajstić information content (AvgIpc) is 2.78. The Hall–Kier alpha value is -2.11. The molecule has 1 aromatic rings. The molecule has 0 aliphatic carbocycles. The highest BCUT2D eigenvalue weighted by Crippen LogP contribution is 2.19. The summed E-state index contributed by atoms with van der Waals surface area (Å²) in [7, 11) is 1.68. The molecule has 0 saturated heterocycles. The summed E-state index contributed by atoms with van der Waals surface area (Å²) in [5, 5.41) is 0. The Morgan fingerprint density at radius 3 is 1.68 bits per heavy atom. The quantitative estimate of drug-likeness (QED) is 0.233. The van der Waals surface area contributed by atoms with E-state index < -0.39 is 5.60 Å². The topological polar surface area (TPSA) is 111 Å². The van der Waals surface area contributed by atoms with E-state index in [9.17, 15) is 4.79 Å². The van der Waals surface area contributed by atoms with Crippen LogP contribution in [0, 0.1) is 0 Å². The molecular weight excluding hydrogens is 444 g/mol. The highest BCUT2D eigenvalue weighted by molar-refractivity contribution is 5.67. The van der Waals surface area contributed by atoms with Crippen molar-refractivity contribution >= 4 is 11.8 Å². The highest BCUT2D eigenvalue weighted by Gasteiger charge is 2.19. The Labute approximate surface area is 203 Å². The van der Waals surface area contributed by atoms with Crippen molar-refractivity contribution in [1.82, 2.24) is 4.90 Å². The third-order valence-corrected chi connectivity index (χ3v) is 4.17. The predicted molar refractivity (Wildman–Crippen MR) is 129 cm³/mol. The maximum absolute atomic E-state index is 11.8. The third kappa shape index (κ3) is 16.5. The van der Waals surface area contributed by atoms with Crippen LogP contribution in [0.3, 0.4) is 0 Å². The zero-order chi connectivity index (χ0) is 25.1. The molecule has 1 rings (SSSR count). The third-order valence-electron chi connectivity index (χ3n) is 4.17. The molecule has 1 aromatic carbocycles. The van der Waals surface area contributed by atoms with Crippen LogP contribution in [0.5, 0.6) is 5.75 Å². The summed E-state index contributed by atoms with van der Waals surface area (Å²) in [4.78, 5) is 13.3. The lowest BCUT2D eigenvalue weighted by atomic mass is 10.2. The second kappa shape index (κ2) is 18.2. The molecule has 0 fully saturated rings. The van der Waals surface area contributed by atoms with E-state index in [1.807, 2.05) is 39.0 Å². The normalized spacial score (nSPS) is 11.4. The first-order valence-corrected chi connectivity index (χ1v) is 11.6. The number of hydrogen-bond donors (Lipinski definition) is 1. The van der Waals surface area contributed by atoms with E-state index >= 15 is 0 Å². The van der Waals surface area contributed by atoms with Crippen molar-refractivity contribution in [2.24, 2.45) is 0 Å². The van der Waals surface area contributed by atoms with E-state index in [2.05, 4.69) is 0 Å². The number of likely N-dealkylation sites (N-methyl/N-ethyl adjacent to an activating group) is 1. The van der Waals surface area contributed by atoms with E-state index in [1.54, 1.807) is 13.1 Å². The van der Waals surface area contributed by atoms with E-state index in [0.717, 1.165) is 0 Å². The first kappa shape index (κ1) is 29.9. The molecule has 2 N–H and O–H groups in total. The second-order valence-electron chi connectivity index (χ2n) is 8.35. The Bertz CT molecular complexity index is 654. The van der Waals surface area contributed by atoms with Gasteiger partial charge in [0.15, 0.2) is 0 Å². The molecule has 1 amide bonds. The lowest BCUT2D eigenvalue weighted by molar-refractivity contribution is -0.0144. The highest BCUT2D eigenvalue weighted by atomic mass is 16.6. The SMILES string of the molecule is CN(CCOCCOCCOCCOCCOCCOc1ccccc1N)C(=O)OC(C)(C)C. The molecule has 0 atom stereocenters. The fourth-order valence-electron chi connectivity index (χ4n) is 2.44. The van der Waals surface area contributed by atoms with Gasteiger partial charge in [-0.3, -0.25) is 0 Å². The molecule has 0 heterocycles. The number of nitrogens with two attached hydrogens (primary N) is 1. The number of anilines is 1. The molecular formula is C24H42N2O8. The maximum atomic E-state index is 11.8. The number of rotatable bonds is 19. The van der Waals surface area contributed by atoms with Crippen LogP contribution >= 0.6 is 0 Å². The van der Waals surface area contributed by atoms with Gasteiger partial charge in [-0.2, -0.15) is 0 Å². The lowest BCUT2D eigenvalue weighted by Gasteiger charge is -2.24. The number of nitrogen functional groups attached to an aromatic ring is 1. The van der Waals surface area contributed by atoms with Crippen LogP contribution in [-0.2, 0) is 28.4 Å². The minimum absolute atomic E-state index is 0.361. The van der Waals surface area contributed by atoms with E-state index in [-0.39, 0.29) is 6.09 Å². The summed E-state index contributed by atoms with van der Waals surface area (Å²) in [5.41, 5.74) is 5.91. The number of carbonyl (C=O) groups excluding carboxylic acids is 1. The van der Waals surface area contributed by atoms with Crippen molar-refractivity contribution in [3.63, 3.8) is 0 Å². The zero-order valence-corrected chi connectivity index (χ0v) is 21.1. The first-order valence-electron chi connectivity index (χ1n) is 11.6. The van der Waals surface area contributed by atoms with Gasteiger partial charge in [0.2, 0.25) is 0 Å². The number of ether oxygens (including phenoxy) is 7. The number of nitrogens with zero attached hydrogens (tertiary/aromatic N) is 1. The molecule has 0 aliphatic rings. The van der Waals surface area contributed by atoms with E-state index in [1.165, 1.54) is 4.90 Å². The number of amides is 1. The van der Waals surface area contributed by atoms with E-state index in [4.69, 9.17) is 38.9 Å². The van der Waals surface area contributed by atoms with Gasteiger partial charge in [0.25, 0.3) is 0 Å². The summed E-state index contributed by atoms with van der Waals surface area (Å²) in [6.07, 6.45) is -0.361. The van der Waals surface area contributed by atoms with Crippen LogP contribution in [0.4, 0.5) is 10.5 Å². The van der Waals surface area contributed by atoms with Crippen molar-refractivity contribution < 1.29 is 38.0 Å². The van der Waals surface area contributed by atoms with Gasteiger partial charge in [-0.25, -0.2) is 4.79 Å². The van der Waals surface area contributed by atoms with Gasteiger partial charge < -0.3 is 43.8 Å². The molecule has 0 bridgehead atoms. The van der Waals surface area contributed by atoms with E-state index in [0.29, 0.717) is 90.7 Å². The van der Waals surface area contributed by atoms with Gasteiger partial charge in [0, 0.05) is 13.6 Å². The minimum Gasteiger partial charge on any atom is -0.489 e. The van der Waals surface area contributed by atoms with Gasteiger partial charge in [-0.05, 0) is 32.9 Å². The summed E-state index contributed by atoms with van der Waals surface area (Å²) < 4.78 is 38.0. The van der Waals surface area contributed by atoms with Crippen LogP contribution in [0.25, 0.3) is 0 Å². The summed E-state index contributed by atoms with van der Waals surface area (Å²) in [6.45, 7) is 11.2.